The number of amides is 1. The van der Waals surface area contributed by atoms with Crippen LogP contribution >= 0.6 is 0 Å². The number of pyridine rings is 1. The van der Waals surface area contributed by atoms with Crippen molar-refractivity contribution in [3.63, 3.8) is 0 Å². The average molecular weight is 348 g/mol. The molecule has 3 rings (SSSR count). The first kappa shape index (κ1) is 18.0. The van der Waals surface area contributed by atoms with Gasteiger partial charge in [-0.25, -0.2) is 0 Å². The zero-order chi connectivity index (χ0) is 18.5. The molecule has 1 aliphatic heterocycles. The second kappa shape index (κ2) is 8.08. The van der Waals surface area contributed by atoms with Gasteiger partial charge in [0.15, 0.2) is 5.81 Å². The first-order chi connectivity index (χ1) is 12.6. The summed E-state index contributed by atoms with van der Waals surface area (Å²) in [6.45, 7) is 1.24. The monoisotopic (exact) mass is 348 g/mol. The van der Waals surface area contributed by atoms with Gasteiger partial charge in [0, 0.05) is 24.7 Å². The maximum absolute atomic E-state index is 11.4. The van der Waals surface area contributed by atoms with Gasteiger partial charge < -0.3 is 14.4 Å². The number of piperidine rings is 1. The Labute approximate surface area is 155 Å². The summed E-state index contributed by atoms with van der Waals surface area (Å²) >= 11 is 0. The van der Waals surface area contributed by atoms with Gasteiger partial charge in [0.05, 0.1) is 14.2 Å². The van der Waals surface area contributed by atoms with Crippen LogP contribution in [0.1, 0.15) is 24.0 Å². The fraction of sp³-hybridized carbons (Fsp3) is 0.300. The molecule has 0 N–H and O–H groups in total. The third kappa shape index (κ3) is 3.74. The number of methoxy groups -OCH3 is 2. The van der Waals surface area contributed by atoms with E-state index in [4.69, 9.17) is 17.3 Å². The van der Waals surface area contributed by atoms with Gasteiger partial charge in [0.25, 0.3) is 0 Å². The fourth-order valence-corrected chi connectivity index (χ4v) is 3.28. The number of hydrogen-bond acceptors (Lipinski definition) is 4. The number of benzene rings is 1. The molecule has 0 atom stereocenters. The van der Waals surface area contributed by atoms with Crippen LogP contribution in [0.15, 0.2) is 48.0 Å². The van der Waals surface area contributed by atoms with E-state index in [9.17, 15) is 4.79 Å². The molecule has 0 spiro atoms. The smallest absolute Gasteiger partial charge is 0.224 e. The number of ether oxygens (including phenoxy) is 2. The van der Waals surface area contributed by atoms with Crippen LogP contribution in [0.5, 0.6) is 11.8 Å². The summed E-state index contributed by atoms with van der Waals surface area (Å²) in [6.07, 6.45) is 1.53. The Hall–Kier alpha value is -2.76. The standard InChI is InChI=1S/C20H21BN2O3/c1-25-17-9-8-16(19(22-17)26-2)18(14-6-4-3-5-7-14)15-10-12-23(13-11-15)20(21)24/h3-9H,10-13H2,1-2H3. The highest BCUT2D eigenvalue weighted by Gasteiger charge is 2.22. The Morgan fingerprint density at radius 3 is 2.31 bits per heavy atom. The van der Waals surface area contributed by atoms with E-state index < -0.39 is 0 Å². The van der Waals surface area contributed by atoms with Gasteiger partial charge in [-0.3, -0.25) is 4.79 Å². The van der Waals surface area contributed by atoms with Crippen molar-refractivity contribution in [1.82, 2.24) is 9.88 Å². The largest absolute Gasteiger partial charge is 0.481 e. The number of rotatable bonds is 4. The van der Waals surface area contributed by atoms with E-state index in [-0.39, 0.29) is 5.81 Å². The molecule has 1 aromatic heterocycles. The number of nitrogens with zero attached hydrogens (tertiary/aromatic N) is 2. The van der Waals surface area contributed by atoms with Crippen molar-refractivity contribution in [3.05, 3.63) is 59.2 Å². The average Bonchev–Trinajstić information content (AvgIpc) is 2.69. The zero-order valence-electron chi connectivity index (χ0n) is 15.1. The molecule has 1 aliphatic rings. The number of carbonyl (C=O) groups is 1. The van der Waals surface area contributed by atoms with Crippen LogP contribution < -0.4 is 9.47 Å². The van der Waals surface area contributed by atoms with Crippen molar-refractivity contribution in [2.75, 3.05) is 27.3 Å². The van der Waals surface area contributed by atoms with E-state index >= 15 is 0 Å². The molecule has 132 valence electrons. The molecular weight excluding hydrogens is 327 g/mol. The molecule has 2 heterocycles. The summed E-state index contributed by atoms with van der Waals surface area (Å²) in [5, 5.41) is 0. The van der Waals surface area contributed by atoms with Gasteiger partial charge in [0.2, 0.25) is 19.6 Å². The predicted molar refractivity (Wildman–Crippen MR) is 102 cm³/mol. The van der Waals surface area contributed by atoms with Crippen molar-refractivity contribution in [2.24, 2.45) is 0 Å². The summed E-state index contributed by atoms with van der Waals surface area (Å²) in [4.78, 5) is 17.5. The lowest BCUT2D eigenvalue weighted by atomic mass is 9.88. The third-order valence-corrected chi connectivity index (χ3v) is 4.60. The van der Waals surface area contributed by atoms with E-state index in [2.05, 4.69) is 17.1 Å². The van der Waals surface area contributed by atoms with Crippen molar-refractivity contribution in [2.45, 2.75) is 12.8 Å². The minimum absolute atomic E-state index is 0.367. The Balaban J connectivity index is 2.09. The topological polar surface area (TPSA) is 51.7 Å². The van der Waals surface area contributed by atoms with E-state index in [1.165, 1.54) is 5.57 Å². The molecule has 0 aliphatic carbocycles. The van der Waals surface area contributed by atoms with Gasteiger partial charge in [-0.15, -0.1) is 0 Å². The van der Waals surface area contributed by atoms with Crippen molar-refractivity contribution in [1.29, 1.82) is 0 Å². The SMILES string of the molecule is [B]C(=O)N1CCC(=C(c2ccccc2)c2ccc(OC)nc2OC)CC1. The Morgan fingerprint density at radius 2 is 1.73 bits per heavy atom. The third-order valence-electron chi connectivity index (χ3n) is 4.60. The van der Waals surface area contributed by atoms with Crippen LogP contribution in [0.3, 0.4) is 0 Å². The molecule has 0 bridgehead atoms. The van der Waals surface area contributed by atoms with Gasteiger partial charge >= 0.3 is 0 Å². The fourth-order valence-electron chi connectivity index (χ4n) is 3.28. The van der Waals surface area contributed by atoms with Crippen molar-refractivity contribution >= 4 is 19.2 Å². The second-order valence-corrected chi connectivity index (χ2v) is 6.08. The molecule has 1 saturated heterocycles. The normalized spacial score (nSPS) is 14.1. The molecular formula is C20H21BN2O3. The minimum atomic E-state index is -0.367. The lowest BCUT2D eigenvalue weighted by Gasteiger charge is -2.30. The van der Waals surface area contributed by atoms with E-state index in [1.807, 2.05) is 30.3 Å². The maximum Gasteiger partial charge on any atom is 0.224 e. The molecule has 2 radical (unpaired) electrons. The number of hydrogen-bond donors (Lipinski definition) is 0. The van der Waals surface area contributed by atoms with Crippen LogP contribution in [0.4, 0.5) is 4.79 Å². The van der Waals surface area contributed by atoms with E-state index in [1.54, 1.807) is 19.1 Å². The Morgan fingerprint density at radius 1 is 1.04 bits per heavy atom. The van der Waals surface area contributed by atoms with E-state index in [0.29, 0.717) is 24.8 Å². The minimum Gasteiger partial charge on any atom is -0.481 e. The van der Waals surface area contributed by atoms with Crippen LogP contribution in [-0.4, -0.2) is 50.8 Å². The van der Waals surface area contributed by atoms with Gasteiger partial charge in [-0.2, -0.15) is 4.98 Å². The van der Waals surface area contributed by atoms with E-state index in [0.717, 1.165) is 29.5 Å². The lowest BCUT2D eigenvalue weighted by molar-refractivity contribution is 0.217. The Kier molecular flexibility index (Phi) is 5.61. The molecule has 26 heavy (non-hydrogen) atoms. The highest BCUT2D eigenvalue weighted by molar-refractivity contribution is 6.56. The number of likely N-dealkylation sites (tertiary alicyclic amines) is 1. The van der Waals surface area contributed by atoms with Gasteiger partial charge in [-0.05, 0) is 30.0 Å². The molecule has 1 fully saturated rings. The number of carbonyl (C=O) groups excluding carboxylic acids is 1. The maximum atomic E-state index is 11.4. The highest BCUT2D eigenvalue weighted by Crippen LogP contribution is 2.37. The molecule has 6 heteroatoms. The molecule has 1 amide bonds. The van der Waals surface area contributed by atoms with Crippen LogP contribution in [0, 0.1) is 0 Å². The Bertz CT molecular complexity index is 811. The van der Waals surface area contributed by atoms with Crippen LogP contribution in [0.2, 0.25) is 0 Å². The zero-order valence-corrected chi connectivity index (χ0v) is 15.1. The quantitative estimate of drug-likeness (QED) is 0.796. The summed E-state index contributed by atoms with van der Waals surface area (Å²) in [6, 6.07) is 14.0. The summed E-state index contributed by atoms with van der Waals surface area (Å²) in [5.74, 6) is 0.661. The highest BCUT2D eigenvalue weighted by atomic mass is 16.5. The molecule has 0 saturated carbocycles. The van der Waals surface area contributed by atoms with Crippen LogP contribution in [-0.2, 0) is 0 Å². The van der Waals surface area contributed by atoms with Gasteiger partial charge in [-0.1, -0.05) is 35.9 Å². The number of aromatic nitrogens is 1. The lowest BCUT2D eigenvalue weighted by Crippen LogP contribution is -2.35. The van der Waals surface area contributed by atoms with Crippen molar-refractivity contribution < 1.29 is 14.3 Å². The first-order valence-electron chi connectivity index (χ1n) is 8.55. The molecule has 5 nitrogen and oxygen atoms in total. The molecule has 1 aromatic carbocycles. The predicted octanol–water partition coefficient (Wildman–Crippen LogP) is 3.29. The second-order valence-electron chi connectivity index (χ2n) is 6.08. The summed E-state index contributed by atoms with van der Waals surface area (Å²) in [7, 11) is 8.60. The van der Waals surface area contributed by atoms with Gasteiger partial charge in [0.1, 0.15) is 0 Å². The van der Waals surface area contributed by atoms with Crippen molar-refractivity contribution in [3.8, 4) is 11.8 Å². The first-order valence-corrected chi connectivity index (χ1v) is 8.55. The summed E-state index contributed by atoms with van der Waals surface area (Å²) in [5.41, 5.74) is 4.38. The molecule has 2 aromatic rings. The van der Waals surface area contributed by atoms with Crippen LogP contribution in [0.25, 0.3) is 5.57 Å². The summed E-state index contributed by atoms with van der Waals surface area (Å²) < 4.78 is 10.7. The molecule has 0 unspecified atom stereocenters.